The normalized spacial score (nSPS) is 34.5. The smallest absolute Gasteiger partial charge is 0.252 e. The van der Waals surface area contributed by atoms with E-state index in [1.54, 1.807) is 5.06 Å². The Morgan fingerprint density at radius 3 is 2.43 bits per heavy atom. The van der Waals surface area contributed by atoms with E-state index in [-0.39, 0.29) is 0 Å². The molecule has 2 heterocycles. The highest BCUT2D eigenvalue weighted by atomic mass is 16.8. The van der Waals surface area contributed by atoms with Crippen LogP contribution in [-0.2, 0) is 15.4 Å². The van der Waals surface area contributed by atoms with Gasteiger partial charge in [0.15, 0.2) is 0 Å². The van der Waals surface area contributed by atoms with Crippen LogP contribution < -0.4 is 5.06 Å². The second kappa shape index (κ2) is 4.00. The standard InChI is InChI=1S/C17H25NO3/c1-14(2,3)17(19)15(4,5)11-20-16(17)12-9-7-8-10-13(12)18(6)21-16/h7-10,19H,11H2,1-6H3. The van der Waals surface area contributed by atoms with E-state index in [4.69, 9.17) is 9.57 Å². The summed E-state index contributed by atoms with van der Waals surface area (Å²) in [6.07, 6.45) is 0. The highest BCUT2D eigenvalue weighted by Crippen LogP contribution is 2.64. The monoisotopic (exact) mass is 291 g/mol. The molecule has 0 aliphatic carbocycles. The number of aliphatic hydroxyl groups is 1. The molecular formula is C17H25NO3. The van der Waals surface area contributed by atoms with Crippen LogP contribution in [-0.4, -0.2) is 24.4 Å². The van der Waals surface area contributed by atoms with E-state index in [0.29, 0.717) is 6.61 Å². The van der Waals surface area contributed by atoms with Crippen LogP contribution in [0.3, 0.4) is 0 Å². The molecule has 116 valence electrons. The van der Waals surface area contributed by atoms with Crippen molar-refractivity contribution in [3.63, 3.8) is 0 Å². The number of nitrogens with zero attached hydrogens (tertiary/aromatic N) is 1. The molecule has 0 bridgehead atoms. The van der Waals surface area contributed by atoms with Crippen LogP contribution in [0.5, 0.6) is 0 Å². The molecule has 1 fully saturated rings. The van der Waals surface area contributed by atoms with Crippen molar-refractivity contribution in [2.24, 2.45) is 10.8 Å². The molecule has 21 heavy (non-hydrogen) atoms. The number of anilines is 1. The van der Waals surface area contributed by atoms with Gasteiger partial charge in [-0.05, 0) is 11.5 Å². The average molecular weight is 291 g/mol. The quantitative estimate of drug-likeness (QED) is 0.797. The van der Waals surface area contributed by atoms with E-state index in [9.17, 15) is 5.11 Å². The second-order valence-electron chi connectivity index (χ2n) is 7.86. The second-order valence-corrected chi connectivity index (χ2v) is 7.86. The maximum atomic E-state index is 11.8. The molecule has 4 heteroatoms. The molecule has 1 spiro atoms. The van der Waals surface area contributed by atoms with Crippen LogP contribution in [0.4, 0.5) is 5.69 Å². The number of hydrogen-bond acceptors (Lipinski definition) is 4. The van der Waals surface area contributed by atoms with Crippen molar-refractivity contribution < 1.29 is 14.7 Å². The minimum absolute atomic E-state index is 0.411. The zero-order valence-corrected chi connectivity index (χ0v) is 13.7. The molecule has 0 saturated carbocycles. The van der Waals surface area contributed by atoms with Gasteiger partial charge in [-0.25, -0.2) is 4.84 Å². The molecule has 1 saturated heterocycles. The molecule has 4 nitrogen and oxygen atoms in total. The van der Waals surface area contributed by atoms with Crippen molar-refractivity contribution in [2.75, 3.05) is 18.7 Å². The summed E-state index contributed by atoms with van der Waals surface area (Å²) in [6, 6.07) is 7.90. The number of para-hydroxylation sites is 1. The van der Waals surface area contributed by atoms with Gasteiger partial charge in [0.05, 0.1) is 12.3 Å². The van der Waals surface area contributed by atoms with Gasteiger partial charge >= 0.3 is 0 Å². The molecule has 2 aliphatic rings. The van der Waals surface area contributed by atoms with Gasteiger partial charge in [0.25, 0.3) is 5.79 Å². The molecule has 2 unspecified atom stereocenters. The maximum Gasteiger partial charge on any atom is 0.252 e. The van der Waals surface area contributed by atoms with Gasteiger partial charge in [0, 0.05) is 18.0 Å². The Morgan fingerprint density at radius 2 is 1.81 bits per heavy atom. The molecular weight excluding hydrogens is 266 g/mol. The third kappa shape index (κ3) is 1.56. The number of rotatable bonds is 0. The Bertz CT molecular complexity index is 578. The van der Waals surface area contributed by atoms with Gasteiger partial charge in [-0.3, -0.25) is 5.06 Å². The number of fused-ring (bicyclic) bond motifs is 2. The van der Waals surface area contributed by atoms with Gasteiger partial charge in [-0.2, -0.15) is 0 Å². The number of hydrogen-bond donors (Lipinski definition) is 1. The summed E-state index contributed by atoms with van der Waals surface area (Å²) in [6.45, 7) is 10.6. The van der Waals surface area contributed by atoms with Crippen molar-refractivity contribution in [1.82, 2.24) is 0 Å². The fraction of sp³-hybridized carbons (Fsp3) is 0.647. The Kier molecular flexibility index (Phi) is 2.82. The van der Waals surface area contributed by atoms with Crippen LogP contribution in [0, 0.1) is 10.8 Å². The van der Waals surface area contributed by atoms with Gasteiger partial charge in [-0.15, -0.1) is 0 Å². The Morgan fingerprint density at radius 1 is 1.19 bits per heavy atom. The SMILES string of the molecule is CN1OC2(OCC(C)(C)C2(O)C(C)(C)C)c2ccccc21. The number of ether oxygens (including phenoxy) is 1. The zero-order chi connectivity index (χ0) is 15.7. The number of benzene rings is 1. The van der Waals surface area contributed by atoms with Gasteiger partial charge in [-0.1, -0.05) is 52.8 Å². The largest absolute Gasteiger partial charge is 0.383 e. The molecule has 0 radical (unpaired) electrons. The third-order valence-electron chi connectivity index (χ3n) is 5.04. The van der Waals surface area contributed by atoms with Crippen LogP contribution in [0.15, 0.2) is 24.3 Å². The lowest BCUT2D eigenvalue weighted by Crippen LogP contribution is -2.63. The van der Waals surface area contributed by atoms with Crippen LogP contribution in [0.25, 0.3) is 0 Å². The number of hydroxylamine groups is 1. The van der Waals surface area contributed by atoms with Crippen molar-refractivity contribution >= 4 is 5.69 Å². The first-order chi connectivity index (χ1) is 9.57. The summed E-state index contributed by atoms with van der Waals surface area (Å²) in [5, 5.41) is 13.5. The average Bonchev–Trinajstić information content (AvgIpc) is 2.79. The molecule has 3 rings (SSSR count). The molecule has 2 atom stereocenters. The van der Waals surface area contributed by atoms with Crippen LogP contribution in [0.1, 0.15) is 40.2 Å². The van der Waals surface area contributed by atoms with E-state index < -0.39 is 22.2 Å². The highest BCUT2D eigenvalue weighted by Gasteiger charge is 2.74. The van der Waals surface area contributed by atoms with Crippen molar-refractivity contribution in [1.29, 1.82) is 0 Å². The fourth-order valence-corrected chi connectivity index (χ4v) is 4.13. The first-order valence-corrected chi connectivity index (χ1v) is 7.45. The van der Waals surface area contributed by atoms with Gasteiger partial charge in [0.2, 0.25) is 0 Å². The lowest BCUT2D eigenvalue weighted by Gasteiger charge is -2.51. The third-order valence-corrected chi connectivity index (χ3v) is 5.04. The van der Waals surface area contributed by atoms with E-state index in [0.717, 1.165) is 11.3 Å². The van der Waals surface area contributed by atoms with Crippen molar-refractivity contribution in [2.45, 2.75) is 46.0 Å². The Hall–Kier alpha value is -1.10. The molecule has 1 aromatic rings. The fourth-order valence-electron chi connectivity index (χ4n) is 4.13. The van der Waals surface area contributed by atoms with E-state index >= 15 is 0 Å². The predicted octanol–water partition coefficient (Wildman–Crippen LogP) is 3.05. The summed E-state index contributed by atoms with van der Waals surface area (Å²) >= 11 is 0. The first-order valence-electron chi connectivity index (χ1n) is 7.45. The summed E-state index contributed by atoms with van der Waals surface area (Å²) in [5.41, 5.74) is -0.156. The van der Waals surface area contributed by atoms with Gasteiger partial charge < -0.3 is 9.84 Å². The molecule has 2 aliphatic heterocycles. The summed E-state index contributed by atoms with van der Waals surface area (Å²) < 4.78 is 6.14. The van der Waals surface area contributed by atoms with Crippen LogP contribution in [0.2, 0.25) is 0 Å². The topological polar surface area (TPSA) is 41.9 Å². The first kappa shape index (κ1) is 14.8. The lowest BCUT2D eigenvalue weighted by atomic mass is 9.58. The predicted molar refractivity (Wildman–Crippen MR) is 81.7 cm³/mol. The molecule has 0 aromatic heterocycles. The van der Waals surface area contributed by atoms with Crippen molar-refractivity contribution in [3.05, 3.63) is 29.8 Å². The zero-order valence-electron chi connectivity index (χ0n) is 13.7. The lowest BCUT2D eigenvalue weighted by molar-refractivity contribution is -0.319. The van der Waals surface area contributed by atoms with Crippen LogP contribution >= 0.6 is 0 Å². The van der Waals surface area contributed by atoms with Crippen molar-refractivity contribution in [3.8, 4) is 0 Å². The highest BCUT2D eigenvalue weighted by molar-refractivity contribution is 5.58. The summed E-state index contributed by atoms with van der Waals surface area (Å²) in [4.78, 5) is 6.12. The molecule has 1 aromatic carbocycles. The summed E-state index contributed by atoms with van der Waals surface area (Å²) in [5.74, 6) is -1.15. The Labute approximate surface area is 126 Å². The van der Waals surface area contributed by atoms with E-state index in [2.05, 4.69) is 0 Å². The molecule has 1 N–H and O–H groups in total. The minimum atomic E-state index is -1.16. The van der Waals surface area contributed by atoms with Gasteiger partial charge in [0.1, 0.15) is 5.60 Å². The minimum Gasteiger partial charge on any atom is -0.383 e. The van der Waals surface area contributed by atoms with E-state index in [1.807, 2.05) is 65.9 Å². The summed E-state index contributed by atoms with van der Waals surface area (Å²) in [7, 11) is 1.85. The van der Waals surface area contributed by atoms with E-state index in [1.165, 1.54) is 0 Å². The maximum absolute atomic E-state index is 11.8. The molecule has 0 amide bonds. The Balaban J connectivity index is 2.28.